The summed E-state index contributed by atoms with van der Waals surface area (Å²) in [5.74, 6) is 1.71. The second-order valence-corrected chi connectivity index (χ2v) is 5.49. The van der Waals surface area contributed by atoms with Crippen LogP contribution in [-0.4, -0.2) is 6.54 Å². The minimum Gasteiger partial charge on any atom is -0.330 e. The molecule has 1 aliphatic carbocycles. The molecule has 0 heterocycles. The van der Waals surface area contributed by atoms with Crippen LogP contribution in [0.5, 0.6) is 0 Å². The first-order valence-corrected chi connectivity index (χ1v) is 7.03. The molecule has 0 bridgehead atoms. The minimum absolute atomic E-state index is 0.734. The van der Waals surface area contributed by atoms with E-state index in [4.69, 9.17) is 5.73 Å². The number of hydrogen-bond acceptors (Lipinski definition) is 1. The topological polar surface area (TPSA) is 26.0 Å². The average Bonchev–Trinajstić information content (AvgIpc) is 2.27. The molecule has 2 N–H and O–H groups in total. The Morgan fingerprint density at radius 3 is 1.87 bits per heavy atom. The third kappa shape index (κ3) is 6.19. The van der Waals surface area contributed by atoms with Gasteiger partial charge in [0.05, 0.1) is 0 Å². The maximum atomic E-state index is 5.71. The van der Waals surface area contributed by atoms with Crippen LogP contribution in [0.25, 0.3) is 0 Å². The highest BCUT2D eigenvalue weighted by molar-refractivity contribution is 4.66. The van der Waals surface area contributed by atoms with Crippen LogP contribution in [0.2, 0.25) is 0 Å². The van der Waals surface area contributed by atoms with Gasteiger partial charge in [-0.15, -0.1) is 0 Å². The molecule has 0 aliphatic heterocycles. The Bertz CT molecular complexity index is 134. The molecule has 1 nitrogen and oxygen atoms in total. The Kier molecular flexibility index (Phi) is 7.08. The molecule has 1 saturated carbocycles. The number of hydrogen-bond donors (Lipinski definition) is 1. The average molecular weight is 211 g/mol. The molecule has 15 heavy (non-hydrogen) atoms. The van der Waals surface area contributed by atoms with Crippen molar-refractivity contribution in [2.24, 2.45) is 17.6 Å². The van der Waals surface area contributed by atoms with Gasteiger partial charge in [-0.1, -0.05) is 64.7 Å². The highest BCUT2D eigenvalue weighted by atomic mass is 14.5. The standard InChI is InChI=1S/C14H29N/c1-13(12-15)11-14-9-7-5-3-2-4-6-8-10-14/h13-14H,2-12,15H2,1H3. The summed E-state index contributed by atoms with van der Waals surface area (Å²) in [6.45, 7) is 3.18. The van der Waals surface area contributed by atoms with Crippen molar-refractivity contribution in [3.05, 3.63) is 0 Å². The lowest BCUT2D eigenvalue weighted by atomic mass is 9.86. The molecule has 1 heteroatoms. The van der Waals surface area contributed by atoms with Gasteiger partial charge in [0.15, 0.2) is 0 Å². The molecule has 1 fully saturated rings. The quantitative estimate of drug-likeness (QED) is 0.747. The molecule has 0 aromatic carbocycles. The van der Waals surface area contributed by atoms with E-state index in [1.807, 2.05) is 0 Å². The third-order valence-corrected chi connectivity index (χ3v) is 3.86. The highest BCUT2D eigenvalue weighted by Gasteiger charge is 2.12. The summed E-state index contributed by atoms with van der Waals surface area (Å²) in [6, 6.07) is 0. The zero-order chi connectivity index (χ0) is 10.9. The molecule has 0 aromatic heterocycles. The van der Waals surface area contributed by atoms with Crippen LogP contribution in [0, 0.1) is 11.8 Å². The van der Waals surface area contributed by atoms with E-state index in [0.717, 1.165) is 18.4 Å². The van der Waals surface area contributed by atoms with Crippen LogP contribution < -0.4 is 5.73 Å². The van der Waals surface area contributed by atoms with Crippen molar-refractivity contribution in [1.29, 1.82) is 0 Å². The van der Waals surface area contributed by atoms with Gasteiger partial charge in [0.25, 0.3) is 0 Å². The molecule has 90 valence electrons. The van der Waals surface area contributed by atoms with Crippen molar-refractivity contribution < 1.29 is 0 Å². The largest absolute Gasteiger partial charge is 0.330 e. The van der Waals surface area contributed by atoms with Gasteiger partial charge in [-0.05, 0) is 24.8 Å². The summed E-state index contributed by atoms with van der Waals surface area (Å²) in [6.07, 6.45) is 14.6. The summed E-state index contributed by atoms with van der Waals surface area (Å²) >= 11 is 0. The van der Waals surface area contributed by atoms with Gasteiger partial charge in [0.2, 0.25) is 0 Å². The Balaban J connectivity index is 2.25. The van der Waals surface area contributed by atoms with Gasteiger partial charge >= 0.3 is 0 Å². The first-order valence-electron chi connectivity index (χ1n) is 7.03. The Morgan fingerprint density at radius 1 is 0.933 bits per heavy atom. The molecular weight excluding hydrogens is 182 g/mol. The molecule has 0 radical (unpaired) electrons. The highest BCUT2D eigenvalue weighted by Crippen LogP contribution is 2.26. The van der Waals surface area contributed by atoms with Crippen molar-refractivity contribution in [3.8, 4) is 0 Å². The monoisotopic (exact) mass is 211 g/mol. The van der Waals surface area contributed by atoms with Crippen molar-refractivity contribution in [2.75, 3.05) is 6.54 Å². The fraction of sp³-hybridized carbons (Fsp3) is 1.00. The minimum atomic E-state index is 0.734. The number of nitrogens with two attached hydrogens (primary N) is 1. The Labute approximate surface area is 95.8 Å². The molecule has 1 rings (SSSR count). The van der Waals surface area contributed by atoms with Crippen LogP contribution >= 0.6 is 0 Å². The van der Waals surface area contributed by atoms with Gasteiger partial charge in [-0.3, -0.25) is 0 Å². The van der Waals surface area contributed by atoms with Crippen LogP contribution in [0.15, 0.2) is 0 Å². The first kappa shape index (κ1) is 13.0. The van der Waals surface area contributed by atoms with Gasteiger partial charge in [-0.2, -0.15) is 0 Å². The van der Waals surface area contributed by atoms with E-state index in [9.17, 15) is 0 Å². The van der Waals surface area contributed by atoms with E-state index >= 15 is 0 Å². The van der Waals surface area contributed by atoms with Gasteiger partial charge in [-0.25, -0.2) is 0 Å². The molecule has 0 spiro atoms. The summed E-state index contributed by atoms with van der Waals surface area (Å²) < 4.78 is 0. The van der Waals surface area contributed by atoms with E-state index < -0.39 is 0 Å². The fourth-order valence-corrected chi connectivity index (χ4v) is 2.80. The van der Waals surface area contributed by atoms with Gasteiger partial charge < -0.3 is 5.73 Å². The van der Waals surface area contributed by atoms with Crippen LogP contribution in [-0.2, 0) is 0 Å². The summed E-state index contributed by atoms with van der Waals surface area (Å²) in [7, 11) is 0. The van der Waals surface area contributed by atoms with E-state index in [0.29, 0.717) is 0 Å². The zero-order valence-electron chi connectivity index (χ0n) is 10.5. The smallest absolute Gasteiger partial charge is 0.00514 e. The van der Waals surface area contributed by atoms with E-state index in [1.165, 1.54) is 64.2 Å². The molecule has 1 aliphatic rings. The molecule has 1 atom stereocenters. The molecule has 0 amide bonds. The van der Waals surface area contributed by atoms with Crippen LogP contribution in [0.3, 0.4) is 0 Å². The maximum absolute atomic E-state index is 5.71. The summed E-state index contributed by atoms with van der Waals surface area (Å²) in [4.78, 5) is 0. The van der Waals surface area contributed by atoms with Crippen molar-refractivity contribution in [1.82, 2.24) is 0 Å². The molecule has 0 saturated heterocycles. The SMILES string of the molecule is CC(CN)CC1CCCCCCCCC1. The predicted octanol–water partition coefficient (Wildman–Crippen LogP) is 4.11. The van der Waals surface area contributed by atoms with E-state index in [-0.39, 0.29) is 0 Å². The lowest BCUT2D eigenvalue weighted by molar-refractivity contribution is 0.324. The Hall–Kier alpha value is -0.0400. The normalized spacial score (nSPS) is 23.6. The lowest BCUT2D eigenvalue weighted by Gasteiger charge is -2.21. The zero-order valence-corrected chi connectivity index (χ0v) is 10.5. The van der Waals surface area contributed by atoms with Crippen molar-refractivity contribution in [3.63, 3.8) is 0 Å². The first-order chi connectivity index (χ1) is 7.33. The maximum Gasteiger partial charge on any atom is -0.00514 e. The fourth-order valence-electron chi connectivity index (χ4n) is 2.80. The lowest BCUT2D eigenvalue weighted by Crippen LogP contribution is -2.15. The molecular formula is C14H29N. The second kappa shape index (κ2) is 8.15. The number of rotatable bonds is 3. The van der Waals surface area contributed by atoms with E-state index in [2.05, 4.69) is 6.92 Å². The summed E-state index contributed by atoms with van der Waals surface area (Å²) in [5, 5.41) is 0. The third-order valence-electron chi connectivity index (χ3n) is 3.86. The van der Waals surface area contributed by atoms with Crippen molar-refractivity contribution in [2.45, 2.75) is 71.1 Å². The predicted molar refractivity (Wildman–Crippen MR) is 67.9 cm³/mol. The van der Waals surface area contributed by atoms with Gasteiger partial charge in [0, 0.05) is 0 Å². The van der Waals surface area contributed by atoms with Gasteiger partial charge in [0.1, 0.15) is 0 Å². The van der Waals surface area contributed by atoms with Crippen molar-refractivity contribution >= 4 is 0 Å². The van der Waals surface area contributed by atoms with E-state index in [1.54, 1.807) is 0 Å². The molecule has 0 aromatic rings. The summed E-state index contributed by atoms with van der Waals surface area (Å²) in [5.41, 5.74) is 5.71. The second-order valence-electron chi connectivity index (χ2n) is 5.49. The van der Waals surface area contributed by atoms with Crippen LogP contribution in [0.4, 0.5) is 0 Å². The Morgan fingerprint density at radius 2 is 1.40 bits per heavy atom. The molecule has 1 unspecified atom stereocenters. The van der Waals surface area contributed by atoms with Crippen LogP contribution in [0.1, 0.15) is 71.1 Å².